The summed E-state index contributed by atoms with van der Waals surface area (Å²) in [7, 11) is 2.00. The largest absolute Gasteiger partial charge is 0.387 e. The summed E-state index contributed by atoms with van der Waals surface area (Å²) in [6, 6.07) is 0. The lowest BCUT2D eigenvalue weighted by atomic mass is 10.1. The van der Waals surface area contributed by atoms with Gasteiger partial charge >= 0.3 is 0 Å². The minimum Gasteiger partial charge on any atom is -0.387 e. The highest BCUT2D eigenvalue weighted by molar-refractivity contribution is 5.79. The van der Waals surface area contributed by atoms with Gasteiger partial charge in [-0.25, -0.2) is 4.99 Å². The molecule has 1 fully saturated rings. The molecule has 1 aromatic heterocycles. The van der Waals surface area contributed by atoms with Crippen molar-refractivity contribution in [3.8, 4) is 0 Å². The smallest absolute Gasteiger partial charge is 0.191 e. The highest BCUT2D eigenvalue weighted by atomic mass is 16.5. The lowest BCUT2D eigenvalue weighted by Gasteiger charge is -2.34. The summed E-state index contributed by atoms with van der Waals surface area (Å²) in [5, 5.41) is 22.0. The topological polar surface area (TPSA) is 86.9 Å². The Labute approximate surface area is 169 Å². The minimum absolute atomic E-state index is 0.435. The molecule has 8 heteroatoms. The van der Waals surface area contributed by atoms with Crippen molar-refractivity contribution in [2.45, 2.75) is 52.7 Å². The van der Waals surface area contributed by atoms with Crippen LogP contribution in [0.25, 0.3) is 0 Å². The van der Waals surface area contributed by atoms with Gasteiger partial charge in [0.1, 0.15) is 0 Å². The van der Waals surface area contributed by atoms with Crippen LogP contribution in [0.3, 0.4) is 0 Å². The van der Waals surface area contributed by atoms with E-state index in [1.807, 2.05) is 25.6 Å². The zero-order valence-electron chi connectivity index (χ0n) is 18.2. The lowest BCUT2D eigenvalue weighted by Crippen LogP contribution is -2.52. The van der Waals surface area contributed by atoms with Crippen LogP contribution < -0.4 is 10.6 Å². The number of β-amino-alcohol motifs (C(OH)–C–C–N with tert-alkyl or cyclic N) is 1. The Morgan fingerprint density at radius 2 is 1.93 bits per heavy atom. The predicted molar refractivity (Wildman–Crippen MR) is 113 cm³/mol. The summed E-state index contributed by atoms with van der Waals surface area (Å²) in [5.41, 5.74) is 2.71. The van der Waals surface area contributed by atoms with Crippen LogP contribution in [-0.4, -0.2) is 77.3 Å². The van der Waals surface area contributed by atoms with Crippen LogP contribution in [0.4, 0.5) is 0 Å². The third-order valence-corrected chi connectivity index (χ3v) is 5.07. The van der Waals surface area contributed by atoms with Crippen molar-refractivity contribution in [2.24, 2.45) is 12.0 Å². The van der Waals surface area contributed by atoms with Crippen molar-refractivity contribution in [1.29, 1.82) is 0 Å². The third-order valence-electron chi connectivity index (χ3n) is 5.07. The number of aryl methyl sites for hydroxylation is 2. The van der Waals surface area contributed by atoms with Crippen LogP contribution in [0.15, 0.2) is 4.99 Å². The van der Waals surface area contributed by atoms with E-state index in [2.05, 4.69) is 34.5 Å². The summed E-state index contributed by atoms with van der Waals surface area (Å²) in [6.07, 6.45) is 1.84. The number of aliphatic hydroxyl groups is 1. The standard InChI is InChI=1S/C20H38N6O2/c1-6-17-16(18(7-2)25(5)24-17)13-22-19(21-8-3)23-14-20(4,27)15-26-9-11-28-12-10-26/h27H,6-15H2,1-5H3,(H2,21,22,23). The predicted octanol–water partition coefficient (Wildman–Crippen LogP) is 0.683. The number of hydrogen-bond donors (Lipinski definition) is 3. The van der Waals surface area contributed by atoms with Gasteiger partial charge in [-0.2, -0.15) is 5.10 Å². The average molecular weight is 395 g/mol. The Hall–Kier alpha value is -1.64. The van der Waals surface area contributed by atoms with Gasteiger partial charge in [0.05, 0.1) is 31.1 Å². The SMILES string of the molecule is CCNC(=NCc1c(CC)nn(C)c1CC)NCC(C)(O)CN1CCOCC1. The molecule has 0 aromatic carbocycles. The number of ether oxygens (including phenoxy) is 1. The monoisotopic (exact) mass is 394 g/mol. The molecule has 1 unspecified atom stereocenters. The molecule has 28 heavy (non-hydrogen) atoms. The maximum absolute atomic E-state index is 10.8. The number of aliphatic imine (C=N–C) groups is 1. The number of nitrogens with zero attached hydrogens (tertiary/aromatic N) is 4. The molecule has 1 aromatic rings. The first kappa shape index (κ1) is 22.6. The zero-order chi connectivity index (χ0) is 20.6. The molecular weight excluding hydrogens is 356 g/mol. The fourth-order valence-electron chi connectivity index (χ4n) is 3.64. The molecule has 8 nitrogen and oxygen atoms in total. The summed E-state index contributed by atoms with van der Waals surface area (Å²) in [4.78, 5) is 7.00. The maximum Gasteiger partial charge on any atom is 0.191 e. The Morgan fingerprint density at radius 3 is 2.54 bits per heavy atom. The van der Waals surface area contributed by atoms with Gasteiger partial charge in [0.25, 0.3) is 0 Å². The fourth-order valence-corrected chi connectivity index (χ4v) is 3.64. The molecule has 1 aliphatic rings. The Bertz CT molecular complexity index is 635. The van der Waals surface area contributed by atoms with E-state index in [9.17, 15) is 5.11 Å². The molecule has 160 valence electrons. The fraction of sp³-hybridized carbons (Fsp3) is 0.800. The molecule has 1 atom stereocenters. The van der Waals surface area contributed by atoms with Gasteiger partial charge in [-0.05, 0) is 26.7 Å². The highest BCUT2D eigenvalue weighted by Crippen LogP contribution is 2.16. The molecule has 1 aliphatic heterocycles. The van der Waals surface area contributed by atoms with Gasteiger partial charge in [-0.1, -0.05) is 13.8 Å². The molecule has 0 saturated carbocycles. The second kappa shape index (κ2) is 10.8. The molecule has 0 bridgehead atoms. The maximum atomic E-state index is 10.8. The molecule has 1 saturated heterocycles. The summed E-state index contributed by atoms with van der Waals surface area (Å²) in [6.45, 7) is 13.8. The van der Waals surface area contributed by atoms with Gasteiger partial charge in [0, 0.05) is 51.0 Å². The first-order chi connectivity index (χ1) is 13.4. The first-order valence-electron chi connectivity index (χ1n) is 10.5. The second-order valence-electron chi connectivity index (χ2n) is 7.64. The first-order valence-corrected chi connectivity index (χ1v) is 10.5. The second-order valence-corrected chi connectivity index (χ2v) is 7.64. The Balaban J connectivity index is 2.00. The highest BCUT2D eigenvalue weighted by Gasteiger charge is 2.25. The van der Waals surface area contributed by atoms with Crippen molar-refractivity contribution in [3.05, 3.63) is 17.0 Å². The molecule has 0 spiro atoms. The molecular formula is C20H38N6O2. The van der Waals surface area contributed by atoms with Gasteiger partial charge in [0.15, 0.2) is 5.96 Å². The number of nitrogens with one attached hydrogen (secondary N) is 2. The number of guanidine groups is 1. The number of hydrogen-bond acceptors (Lipinski definition) is 5. The van der Waals surface area contributed by atoms with E-state index in [1.54, 1.807) is 0 Å². The van der Waals surface area contributed by atoms with E-state index in [4.69, 9.17) is 9.73 Å². The quantitative estimate of drug-likeness (QED) is 0.422. The van der Waals surface area contributed by atoms with E-state index < -0.39 is 5.60 Å². The van der Waals surface area contributed by atoms with Crippen LogP contribution in [0.2, 0.25) is 0 Å². The normalized spacial score (nSPS) is 18.1. The van der Waals surface area contributed by atoms with Crippen molar-refractivity contribution < 1.29 is 9.84 Å². The molecule has 0 aliphatic carbocycles. The van der Waals surface area contributed by atoms with Crippen molar-refractivity contribution in [1.82, 2.24) is 25.3 Å². The lowest BCUT2D eigenvalue weighted by molar-refractivity contribution is -0.0201. The average Bonchev–Trinajstić information content (AvgIpc) is 2.99. The number of rotatable bonds is 9. The number of morpholine rings is 1. The minimum atomic E-state index is -0.842. The summed E-state index contributed by atoms with van der Waals surface area (Å²) < 4.78 is 7.35. The van der Waals surface area contributed by atoms with Gasteiger partial charge in [0.2, 0.25) is 0 Å². The van der Waals surface area contributed by atoms with Crippen LogP contribution in [-0.2, 0) is 31.2 Å². The molecule has 2 rings (SSSR count). The van der Waals surface area contributed by atoms with Crippen molar-refractivity contribution >= 4 is 5.96 Å². The number of aromatic nitrogens is 2. The van der Waals surface area contributed by atoms with E-state index in [0.29, 0.717) is 19.6 Å². The third kappa shape index (κ3) is 6.46. The van der Waals surface area contributed by atoms with E-state index >= 15 is 0 Å². The van der Waals surface area contributed by atoms with Crippen LogP contribution in [0.1, 0.15) is 44.6 Å². The van der Waals surface area contributed by atoms with Gasteiger partial charge in [-0.15, -0.1) is 0 Å². The zero-order valence-corrected chi connectivity index (χ0v) is 18.2. The van der Waals surface area contributed by atoms with Crippen LogP contribution in [0.5, 0.6) is 0 Å². The Morgan fingerprint density at radius 1 is 1.21 bits per heavy atom. The van der Waals surface area contributed by atoms with Crippen LogP contribution >= 0.6 is 0 Å². The van der Waals surface area contributed by atoms with E-state index in [0.717, 1.165) is 57.3 Å². The van der Waals surface area contributed by atoms with Crippen molar-refractivity contribution in [2.75, 3.05) is 45.9 Å². The summed E-state index contributed by atoms with van der Waals surface area (Å²) in [5.74, 6) is 0.720. The molecule has 2 heterocycles. The van der Waals surface area contributed by atoms with E-state index in [1.165, 1.54) is 11.3 Å². The van der Waals surface area contributed by atoms with Crippen LogP contribution in [0, 0.1) is 0 Å². The van der Waals surface area contributed by atoms with Crippen molar-refractivity contribution in [3.63, 3.8) is 0 Å². The summed E-state index contributed by atoms with van der Waals surface area (Å²) >= 11 is 0. The molecule has 0 amide bonds. The Kier molecular flexibility index (Phi) is 8.72. The molecule has 0 radical (unpaired) electrons. The molecule has 3 N–H and O–H groups in total. The van der Waals surface area contributed by atoms with E-state index in [-0.39, 0.29) is 0 Å². The van der Waals surface area contributed by atoms with Gasteiger partial charge in [-0.3, -0.25) is 9.58 Å². The van der Waals surface area contributed by atoms with Gasteiger partial charge < -0.3 is 20.5 Å².